The first-order chi connectivity index (χ1) is 7.74. The van der Waals surface area contributed by atoms with E-state index in [1.807, 2.05) is 0 Å². The van der Waals surface area contributed by atoms with Crippen molar-refractivity contribution in [2.24, 2.45) is 0 Å². The van der Waals surface area contributed by atoms with Crippen LogP contribution < -0.4 is 5.32 Å². The largest absolute Gasteiger partial charge is 0.480 e. The third kappa shape index (κ3) is 4.92. The molecule has 0 aromatic heterocycles. The number of rotatable bonds is 7. The predicted molar refractivity (Wildman–Crippen MR) is 61.6 cm³/mol. The summed E-state index contributed by atoms with van der Waals surface area (Å²) >= 11 is 0. The van der Waals surface area contributed by atoms with Crippen LogP contribution in [0.15, 0.2) is 0 Å². The summed E-state index contributed by atoms with van der Waals surface area (Å²) in [7, 11) is 1.52. The third-order valence-electron chi connectivity index (χ3n) is 2.90. The van der Waals surface area contributed by atoms with Crippen molar-refractivity contribution in [2.75, 3.05) is 39.9 Å². The maximum absolute atomic E-state index is 10.8. The van der Waals surface area contributed by atoms with Crippen molar-refractivity contribution in [3.8, 4) is 0 Å². The smallest absolute Gasteiger partial charge is 0.323 e. The van der Waals surface area contributed by atoms with Crippen LogP contribution >= 0.6 is 0 Å². The first-order valence-corrected chi connectivity index (χ1v) is 5.91. The second kappa shape index (κ2) is 7.60. The Hall–Kier alpha value is -0.650. The summed E-state index contributed by atoms with van der Waals surface area (Å²) < 4.78 is 4.85. The van der Waals surface area contributed by atoms with Crippen LogP contribution in [-0.2, 0) is 9.53 Å². The number of hydrogen-bond donors (Lipinski definition) is 2. The molecule has 0 radical (unpaired) electrons. The topological polar surface area (TPSA) is 61.8 Å². The van der Waals surface area contributed by atoms with Gasteiger partial charge in [-0.3, -0.25) is 4.79 Å². The second-order valence-electron chi connectivity index (χ2n) is 4.20. The van der Waals surface area contributed by atoms with Gasteiger partial charge in [0.25, 0.3) is 0 Å². The van der Waals surface area contributed by atoms with Gasteiger partial charge in [0.05, 0.1) is 6.61 Å². The lowest BCUT2D eigenvalue weighted by molar-refractivity contribution is -0.140. The van der Waals surface area contributed by atoms with Crippen LogP contribution in [-0.4, -0.2) is 61.9 Å². The number of carboxylic acids is 1. The number of likely N-dealkylation sites (tertiary alicyclic amines) is 1. The van der Waals surface area contributed by atoms with Crippen molar-refractivity contribution in [1.29, 1.82) is 0 Å². The highest BCUT2D eigenvalue weighted by molar-refractivity contribution is 5.73. The van der Waals surface area contributed by atoms with Crippen LogP contribution in [0, 0.1) is 0 Å². The molecule has 1 atom stereocenters. The van der Waals surface area contributed by atoms with E-state index in [4.69, 9.17) is 9.84 Å². The molecule has 94 valence electrons. The van der Waals surface area contributed by atoms with Gasteiger partial charge in [-0.1, -0.05) is 6.42 Å². The number of carbonyl (C=O) groups is 1. The zero-order chi connectivity index (χ0) is 11.8. The van der Waals surface area contributed by atoms with E-state index >= 15 is 0 Å². The molecule has 16 heavy (non-hydrogen) atoms. The molecule has 0 aromatic carbocycles. The van der Waals surface area contributed by atoms with Gasteiger partial charge in [-0.15, -0.1) is 0 Å². The molecule has 5 heteroatoms. The van der Waals surface area contributed by atoms with E-state index in [0.29, 0.717) is 6.54 Å². The number of ether oxygens (including phenoxy) is 1. The molecule has 1 unspecified atom stereocenters. The fourth-order valence-electron chi connectivity index (χ4n) is 1.96. The number of methoxy groups -OCH3 is 1. The zero-order valence-corrected chi connectivity index (χ0v) is 9.95. The minimum absolute atomic E-state index is 0.218. The summed E-state index contributed by atoms with van der Waals surface area (Å²) in [6, 6.07) is -0.588. The molecule has 2 N–H and O–H groups in total. The molecule has 1 fully saturated rings. The molecule has 5 nitrogen and oxygen atoms in total. The number of hydrogen-bond acceptors (Lipinski definition) is 4. The fourth-order valence-corrected chi connectivity index (χ4v) is 1.96. The molecule has 0 spiro atoms. The summed E-state index contributed by atoms with van der Waals surface area (Å²) in [6.07, 6.45) is 3.85. The van der Waals surface area contributed by atoms with Crippen molar-refractivity contribution < 1.29 is 14.6 Å². The van der Waals surface area contributed by atoms with E-state index < -0.39 is 12.0 Å². The fraction of sp³-hybridized carbons (Fsp3) is 0.909. The van der Waals surface area contributed by atoms with Crippen molar-refractivity contribution in [1.82, 2.24) is 10.2 Å². The molecule has 0 aromatic rings. The maximum Gasteiger partial charge on any atom is 0.323 e. The van der Waals surface area contributed by atoms with Gasteiger partial charge in [0.1, 0.15) is 6.04 Å². The normalized spacial score (nSPS) is 19.6. The maximum atomic E-state index is 10.8. The van der Waals surface area contributed by atoms with E-state index in [-0.39, 0.29) is 6.61 Å². The van der Waals surface area contributed by atoms with Gasteiger partial charge in [-0.2, -0.15) is 0 Å². The first-order valence-electron chi connectivity index (χ1n) is 5.91. The summed E-state index contributed by atoms with van der Waals surface area (Å²) in [6.45, 7) is 4.14. The Kier molecular flexibility index (Phi) is 6.37. The zero-order valence-electron chi connectivity index (χ0n) is 9.95. The van der Waals surface area contributed by atoms with Gasteiger partial charge in [-0.25, -0.2) is 0 Å². The Morgan fingerprint density at radius 1 is 1.44 bits per heavy atom. The molecular formula is C11H22N2O3. The highest BCUT2D eigenvalue weighted by Crippen LogP contribution is 2.07. The molecule has 0 amide bonds. The molecule has 0 saturated carbocycles. The number of piperidine rings is 1. The van der Waals surface area contributed by atoms with Crippen molar-refractivity contribution >= 4 is 5.97 Å². The Morgan fingerprint density at radius 3 is 2.69 bits per heavy atom. The summed E-state index contributed by atoms with van der Waals surface area (Å²) in [5.41, 5.74) is 0. The van der Waals surface area contributed by atoms with Crippen molar-refractivity contribution in [3.05, 3.63) is 0 Å². The highest BCUT2D eigenvalue weighted by atomic mass is 16.5. The van der Waals surface area contributed by atoms with Crippen LogP contribution in [0.1, 0.15) is 19.3 Å². The summed E-state index contributed by atoms with van der Waals surface area (Å²) in [5, 5.41) is 11.9. The van der Waals surface area contributed by atoms with E-state index in [9.17, 15) is 4.79 Å². The van der Waals surface area contributed by atoms with Crippen LogP contribution in [0.3, 0.4) is 0 Å². The van der Waals surface area contributed by atoms with E-state index in [2.05, 4.69) is 10.2 Å². The first kappa shape index (κ1) is 13.4. The van der Waals surface area contributed by atoms with Crippen LogP contribution in [0.5, 0.6) is 0 Å². The quantitative estimate of drug-likeness (QED) is 0.652. The predicted octanol–water partition coefficient (Wildman–Crippen LogP) is 0.162. The second-order valence-corrected chi connectivity index (χ2v) is 4.20. The van der Waals surface area contributed by atoms with Gasteiger partial charge in [-0.05, 0) is 25.9 Å². The third-order valence-corrected chi connectivity index (χ3v) is 2.90. The number of aliphatic carboxylic acids is 1. The lowest BCUT2D eigenvalue weighted by Crippen LogP contribution is -2.44. The number of nitrogens with one attached hydrogen (secondary N) is 1. The van der Waals surface area contributed by atoms with Gasteiger partial charge in [0.15, 0.2) is 0 Å². The molecule has 1 aliphatic heterocycles. The molecule has 1 aliphatic rings. The van der Waals surface area contributed by atoms with Crippen molar-refractivity contribution in [2.45, 2.75) is 25.3 Å². The average Bonchev–Trinajstić information content (AvgIpc) is 2.29. The van der Waals surface area contributed by atoms with Gasteiger partial charge in [0, 0.05) is 20.2 Å². The van der Waals surface area contributed by atoms with Gasteiger partial charge < -0.3 is 20.1 Å². The summed E-state index contributed by atoms with van der Waals surface area (Å²) in [4.78, 5) is 13.2. The molecular weight excluding hydrogens is 208 g/mol. The number of carboxylic acid groups (broad SMARTS) is 1. The Labute approximate surface area is 96.8 Å². The van der Waals surface area contributed by atoms with Crippen molar-refractivity contribution in [3.63, 3.8) is 0 Å². The monoisotopic (exact) mass is 230 g/mol. The van der Waals surface area contributed by atoms with Gasteiger partial charge >= 0.3 is 5.97 Å². The molecule has 1 heterocycles. The molecule has 1 saturated heterocycles. The van der Waals surface area contributed by atoms with E-state index in [1.54, 1.807) is 0 Å². The Morgan fingerprint density at radius 2 is 2.12 bits per heavy atom. The summed E-state index contributed by atoms with van der Waals surface area (Å²) in [5.74, 6) is -0.847. The standard InChI is InChI=1S/C11H22N2O3/c1-16-9-10(11(14)15)12-5-8-13-6-3-2-4-7-13/h10,12H,2-9H2,1H3,(H,14,15). The molecule has 1 rings (SSSR count). The minimum atomic E-state index is -0.847. The SMILES string of the molecule is COCC(NCCN1CCCCC1)C(=O)O. The molecule has 0 aliphatic carbocycles. The van der Waals surface area contributed by atoms with E-state index in [1.165, 1.54) is 26.4 Å². The molecule has 0 bridgehead atoms. The van der Waals surface area contributed by atoms with Crippen LogP contribution in [0.25, 0.3) is 0 Å². The number of nitrogens with zero attached hydrogens (tertiary/aromatic N) is 1. The highest BCUT2D eigenvalue weighted by Gasteiger charge is 2.16. The van der Waals surface area contributed by atoms with E-state index in [0.717, 1.165) is 19.6 Å². The van der Waals surface area contributed by atoms with Crippen LogP contribution in [0.2, 0.25) is 0 Å². The lowest BCUT2D eigenvalue weighted by atomic mass is 10.1. The lowest BCUT2D eigenvalue weighted by Gasteiger charge is -2.27. The minimum Gasteiger partial charge on any atom is -0.480 e. The Balaban J connectivity index is 2.13. The Bertz CT molecular complexity index is 205. The average molecular weight is 230 g/mol. The van der Waals surface area contributed by atoms with Crippen LogP contribution in [0.4, 0.5) is 0 Å². The van der Waals surface area contributed by atoms with Gasteiger partial charge in [0.2, 0.25) is 0 Å².